The average Bonchev–Trinajstić information content (AvgIpc) is 2.62. The molecule has 2 aliphatic heterocycles. The number of likely N-dealkylation sites (N-methyl/N-ethyl adjacent to an activating group) is 1. The minimum Gasteiger partial charge on any atom is -0.493 e. The molecule has 1 unspecified atom stereocenters. The highest BCUT2D eigenvalue weighted by molar-refractivity contribution is 5.65. The molecule has 2 aromatic rings. The first kappa shape index (κ1) is 14.7. The summed E-state index contributed by atoms with van der Waals surface area (Å²) in [5, 5.41) is 0. The Hall–Kier alpha value is -1.91. The maximum atomic E-state index is 5.91. The van der Waals surface area contributed by atoms with Crippen LogP contribution in [0.3, 0.4) is 0 Å². The lowest BCUT2D eigenvalue weighted by Crippen LogP contribution is -2.46. The van der Waals surface area contributed by atoms with Crippen molar-refractivity contribution >= 4 is 0 Å². The standard InChI is InChI=1S/C19H23N3O/c1-21-9-11-22(12-10-21)18-6-13-23-19-3-2-16(14-17(18)19)15-4-7-20-8-5-15/h2-5,7-8,14,18H,6,9-13H2,1H3. The van der Waals surface area contributed by atoms with Gasteiger partial charge in [-0.25, -0.2) is 0 Å². The van der Waals surface area contributed by atoms with Crippen LogP contribution in [0.2, 0.25) is 0 Å². The second-order valence-electron chi connectivity index (χ2n) is 6.48. The zero-order chi connectivity index (χ0) is 15.6. The molecule has 1 fully saturated rings. The van der Waals surface area contributed by atoms with Crippen molar-refractivity contribution in [3.05, 3.63) is 48.3 Å². The van der Waals surface area contributed by atoms with Gasteiger partial charge in [0.25, 0.3) is 0 Å². The Morgan fingerprint density at radius 2 is 1.78 bits per heavy atom. The number of hydrogen-bond acceptors (Lipinski definition) is 4. The normalized spacial score (nSPS) is 22.4. The van der Waals surface area contributed by atoms with Crippen LogP contribution in [-0.2, 0) is 0 Å². The maximum absolute atomic E-state index is 5.91. The summed E-state index contributed by atoms with van der Waals surface area (Å²) >= 11 is 0. The molecule has 0 saturated carbocycles. The highest BCUT2D eigenvalue weighted by atomic mass is 16.5. The molecular formula is C19H23N3O. The molecule has 0 N–H and O–H groups in total. The van der Waals surface area contributed by atoms with Gasteiger partial charge in [-0.2, -0.15) is 0 Å². The molecule has 3 heterocycles. The second kappa shape index (κ2) is 6.30. The highest BCUT2D eigenvalue weighted by Gasteiger charge is 2.29. The molecule has 0 amide bonds. The molecular weight excluding hydrogens is 286 g/mol. The number of ether oxygens (including phenoxy) is 1. The molecule has 1 aromatic heterocycles. The third-order valence-electron chi connectivity index (χ3n) is 5.01. The summed E-state index contributed by atoms with van der Waals surface area (Å²) in [5.74, 6) is 1.05. The van der Waals surface area contributed by atoms with E-state index in [2.05, 4.69) is 52.2 Å². The molecule has 23 heavy (non-hydrogen) atoms. The molecule has 1 atom stereocenters. The zero-order valence-corrected chi connectivity index (χ0v) is 13.6. The number of piperazine rings is 1. The van der Waals surface area contributed by atoms with Crippen molar-refractivity contribution in [2.75, 3.05) is 39.8 Å². The van der Waals surface area contributed by atoms with Gasteiger partial charge in [0, 0.05) is 56.6 Å². The van der Waals surface area contributed by atoms with Crippen LogP contribution in [-0.4, -0.2) is 54.6 Å². The molecule has 4 rings (SSSR count). The number of aromatic nitrogens is 1. The van der Waals surface area contributed by atoms with Gasteiger partial charge in [0.15, 0.2) is 0 Å². The van der Waals surface area contributed by atoms with E-state index in [-0.39, 0.29) is 0 Å². The average molecular weight is 309 g/mol. The molecule has 1 saturated heterocycles. The van der Waals surface area contributed by atoms with Gasteiger partial charge in [-0.15, -0.1) is 0 Å². The maximum Gasteiger partial charge on any atom is 0.124 e. The van der Waals surface area contributed by atoms with Crippen molar-refractivity contribution in [2.24, 2.45) is 0 Å². The Morgan fingerprint density at radius 3 is 2.57 bits per heavy atom. The van der Waals surface area contributed by atoms with Crippen molar-refractivity contribution in [3.8, 4) is 16.9 Å². The Kier molecular flexibility index (Phi) is 4.02. The lowest BCUT2D eigenvalue weighted by molar-refractivity contribution is 0.0856. The fourth-order valence-electron chi connectivity index (χ4n) is 3.61. The van der Waals surface area contributed by atoms with Gasteiger partial charge in [-0.05, 0) is 42.4 Å². The molecule has 4 nitrogen and oxygen atoms in total. The lowest BCUT2D eigenvalue weighted by atomic mass is 9.94. The topological polar surface area (TPSA) is 28.6 Å². The molecule has 1 aromatic carbocycles. The van der Waals surface area contributed by atoms with Crippen molar-refractivity contribution in [2.45, 2.75) is 12.5 Å². The van der Waals surface area contributed by atoms with Gasteiger partial charge in [0.2, 0.25) is 0 Å². The number of pyridine rings is 1. The molecule has 0 spiro atoms. The van der Waals surface area contributed by atoms with Crippen LogP contribution in [0.25, 0.3) is 11.1 Å². The van der Waals surface area contributed by atoms with Gasteiger partial charge >= 0.3 is 0 Å². The van der Waals surface area contributed by atoms with E-state index >= 15 is 0 Å². The van der Waals surface area contributed by atoms with Gasteiger partial charge in [-0.1, -0.05) is 6.07 Å². The van der Waals surface area contributed by atoms with Crippen molar-refractivity contribution in [1.82, 2.24) is 14.8 Å². The van der Waals surface area contributed by atoms with E-state index in [1.54, 1.807) is 0 Å². The van der Waals surface area contributed by atoms with Crippen molar-refractivity contribution in [3.63, 3.8) is 0 Å². The minimum atomic E-state index is 0.481. The van der Waals surface area contributed by atoms with Gasteiger partial charge < -0.3 is 9.64 Å². The lowest BCUT2D eigenvalue weighted by Gasteiger charge is -2.40. The van der Waals surface area contributed by atoms with E-state index in [4.69, 9.17) is 4.74 Å². The Labute approximate surface area is 137 Å². The van der Waals surface area contributed by atoms with E-state index in [1.165, 1.54) is 16.7 Å². The Morgan fingerprint density at radius 1 is 1.00 bits per heavy atom. The van der Waals surface area contributed by atoms with Crippen LogP contribution in [0, 0.1) is 0 Å². The van der Waals surface area contributed by atoms with Crippen LogP contribution in [0.1, 0.15) is 18.0 Å². The molecule has 0 aliphatic carbocycles. The number of fused-ring (bicyclic) bond motifs is 1. The summed E-state index contributed by atoms with van der Waals surface area (Å²) in [6.07, 6.45) is 4.78. The summed E-state index contributed by atoms with van der Waals surface area (Å²) in [5.41, 5.74) is 3.80. The first-order valence-corrected chi connectivity index (χ1v) is 8.41. The van der Waals surface area contributed by atoms with Gasteiger partial charge in [-0.3, -0.25) is 9.88 Å². The molecule has 120 valence electrons. The number of rotatable bonds is 2. The number of hydrogen-bond donors (Lipinski definition) is 0. The number of nitrogens with zero attached hydrogens (tertiary/aromatic N) is 3. The zero-order valence-electron chi connectivity index (χ0n) is 13.6. The molecule has 0 radical (unpaired) electrons. The van der Waals surface area contributed by atoms with E-state index in [9.17, 15) is 0 Å². The number of benzene rings is 1. The quantitative estimate of drug-likeness (QED) is 0.853. The van der Waals surface area contributed by atoms with Crippen molar-refractivity contribution in [1.29, 1.82) is 0 Å². The van der Waals surface area contributed by atoms with E-state index in [0.29, 0.717) is 6.04 Å². The largest absolute Gasteiger partial charge is 0.493 e. The summed E-state index contributed by atoms with van der Waals surface area (Å²) in [4.78, 5) is 9.15. The van der Waals surface area contributed by atoms with E-state index in [0.717, 1.165) is 45.0 Å². The van der Waals surface area contributed by atoms with Crippen LogP contribution < -0.4 is 4.74 Å². The van der Waals surface area contributed by atoms with Crippen molar-refractivity contribution < 1.29 is 4.74 Å². The van der Waals surface area contributed by atoms with E-state index < -0.39 is 0 Å². The summed E-state index contributed by atoms with van der Waals surface area (Å²) in [7, 11) is 2.21. The van der Waals surface area contributed by atoms with Crippen LogP contribution in [0.4, 0.5) is 0 Å². The molecule has 0 bridgehead atoms. The monoisotopic (exact) mass is 309 g/mol. The summed E-state index contributed by atoms with van der Waals surface area (Å²) in [6, 6.07) is 11.2. The third kappa shape index (κ3) is 2.96. The third-order valence-corrected chi connectivity index (χ3v) is 5.01. The van der Waals surface area contributed by atoms with Crippen LogP contribution in [0.5, 0.6) is 5.75 Å². The SMILES string of the molecule is CN1CCN(C2CCOc3ccc(-c4ccncc4)cc32)CC1. The van der Waals surface area contributed by atoms with Gasteiger partial charge in [0.1, 0.15) is 5.75 Å². The predicted octanol–water partition coefficient (Wildman–Crippen LogP) is 2.82. The Balaban J connectivity index is 1.66. The van der Waals surface area contributed by atoms with Gasteiger partial charge in [0.05, 0.1) is 6.61 Å². The Bertz CT molecular complexity index is 666. The van der Waals surface area contributed by atoms with E-state index in [1.807, 2.05) is 12.4 Å². The summed E-state index contributed by atoms with van der Waals surface area (Å²) < 4.78 is 5.91. The fraction of sp³-hybridized carbons (Fsp3) is 0.421. The second-order valence-corrected chi connectivity index (χ2v) is 6.48. The highest BCUT2D eigenvalue weighted by Crippen LogP contribution is 2.38. The predicted molar refractivity (Wildman–Crippen MR) is 91.6 cm³/mol. The minimum absolute atomic E-state index is 0.481. The smallest absolute Gasteiger partial charge is 0.124 e. The molecule has 4 heteroatoms. The first-order valence-electron chi connectivity index (χ1n) is 8.41. The first-order chi connectivity index (χ1) is 11.3. The van der Waals surface area contributed by atoms with Crippen LogP contribution in [0.15, 0.2) is 42.7 Å². The fourth-order valence-corrected chi connectivity index (χ4v) is 3.61. The summed E-state index contributed by atoms with van der Waals surface area (Å²) in [6.45, 7) is 5.40. The van der Waals surface area contributed by atoms with Crippen LogP contribution >= 0.6 is 0 Å². The molecule has 2 aliphatic rings.